The number of carbonyl (C=O) groups excluding carboxylic acids is 1. The average molecular weight is 296 g/mol. The first-order valence-electron chi connectivity index (χ1n) is 5.81. The maximum atomic E-state index is 13.2. The Morgan fingerprint density at radius 2 is 2.30 bits per heavy atom. The molecule has 0 aliphatic carbocycles. The van der Waals surface area contributed by atoms with Crippen molar-refractivity contribution >= 4 is 17.7 Å². The van der Waals surface area contributed by atoms with Crippen LogP contribution in [-0.4, -0.2) is 33.3 Å². The van der Waals surface area contributed by atoms with Crippen LogP contribution in [0.4, 0.5) is 4.39 Å². The second kappa shape index (κ2) is 6.47. The van der Waals surface area contributed by atoms with Crippen LogP contribution in [0.5, 0.6) is 0 Å². The van der Waals surface area contributed by atoms with Crippen LogP contribution in [0.2, 0.25) is 0 Å². The molecule has 0 unspecified atom stereocenters. The number of aryl methyl sites for hydroxylation is 1. The van der Waals surface area contributed by atoms with Gasteiger partial charge in [-0.2, -0.15) is 0 Å². The van der Waals surface area contributed by atoms with Crippen LogP contribution in [-0.2, 0) is 21.8 Å². The number of rotatable bonds is 5. The van der Waals surface area contributed by atoms with Crippen LogP contribution in [0.15, 0.2) is 23.4 Å². The van der Waals surface area contributed by atoms with E-state index in [1.54, 1.807) is 6.07 Å². The zero-order valence-electron chi connectivity index (χ0n) is 11.0. The van der Waals surface area contributed by atoms with Gasteiger partial charge in [0.2, 0.25) is 5.16 Å². The van der Waals surface area contributed by atoms with Crippen molar-refractivity contribution in [1.82, 2.24) is 20.2 Å². The number of nitrogens with zero attached hydrogens (tertiary/aromatic N) is 4. The number of halogens is 1. The predicted molar refractivity (Wildman–Crippen MR) is 70.5 cm³/mol. The molecule has 6 nitrogen and oxygen atoms in total. The van der Waals surface area contributed by atoms with E-state index in [0.29, 0.717) is 10.9 Å². The second-order valence-corrected chi connectivity index (χ2v) is 5.00. The van der Waals surface area contributed by atoms with Crippen molar-refractivity contribution in [1.29, 1.82) is 0 Å². The average Bonchev–Trinajstić information content (AvgIpc) is 2.87. The molecule has 0 saturated carbocycles. The molecule has 0 spiro atoms. The summed E-state index contributed by atoms with van der Waals surface area (Å²) in [5.41, 5.74) is 1.86. The van der Waals surface area contributed by atoms with Crippen LogP contribution in [0.1, 0.15) is 11.1 Å². The summed E-state index contributed by atoms with van der Waals surface area (Å²) in [5.74, 6) is -0.188. The molecule has 1 heterocycles. The molecule has 1 aromatic carbocycles. The number of hydrogen-bond acceptors (Lipinski definition) is 6. The standard InChI is InChI=1S/C12H13FN4O2S/c1-8-3-4-10(13)5-9(8)7-20-12-14-15-16-17(12)6-11(18)19-2/h3-5H,6-7H2,1-2H3. The first kappa shape index (κ1) is 14.4. The molecule has 0 radical (unpaired) electrons. The molecule has 2 rings (SSSR count). The van der Waals surface area contributed by atoms with Crippen molar-refractivity contribution in [2.75, 3.05) is 7.11 Å². The Labute approximate surface area is 119 Å². The molecule has 0 N–H and O–H groups in total. The van der Waals surface area contributed by atoms with Crippen molar-refractivity contribution in [2.45, 2.75) is 24.4 Å². The zero-order chi connectivity index (χ0) is 14.5. The fraction of sp³-hybridized carbons (Fsp3) is 0.333. The highest BCUT2D eigenvalue weighted by Gasteiger charge is 2.12. The molecule has 0 saturated heterocycles. The van der Waals surface area contributed by atoms with E-state index in [1.807, 2.05) is 6.92 Å². The molecule has 0 amide bonds. The summed E-state index contributed by atoms with van der Waals surface area (Å²) >= 11 is 1.33. The van der Waals surface area contributed by atoms with E-state index in [4.69, 9.17) is 0 Å². The number of benzene rings is 1. The lowest BCUT2D eigenvalue weighted by Gasteiger charge is -2.06. The molecular weight excluding hydrogens is 283 g/mol. The SMILES string of the molecule is COC(=O)Cn1nnnc1SCc1cc(F)ccc1C. The van der Waals surface area contributed by atoms with E-state index < -0.39 is 5.97 Å². The summed E-state index contributed by atoms with van der Waals surface area (Å²) < 4.78 is 19.1. The Bertz CT molecular complexity index is 617. The van der Waals surface area contributed by atoms with Gasteiger partial charge in [0.1, 0.15) is 12.4 Å². The van der Waals surface area contributed by atoms with Crippen molar-refractivity contribution in [2.24, 2.45) is 0 Å². The summed E-state index contributed by atoms with van der Waals surface area (Å²) in [6.07, 6.45) is 0. The minimum Gasteiger partial charge on any atom is -0.468 e. The maximum Gasteiger partial charge on any atom is 0.327 e. The first-order valence-corrected chi connectivity index (χ1v) is 6.79. The Morgan fingerprint density at radius 3 is 3.05 bits per heavy atom. The van der Waals surface area contributed by atoms with Gasteiger partial charge >= 0.3 is 5.97 Å². The lowest BCUT2D eigenvalue weighted by Crippen LogP contribution is -2.13. The number of carbonyl (C=O) groups is 1. The Balaban J connectivity index is 2.06. The number of ether oxygens (including phenoxy) is 1. The van der Waals surface area contributed by atoms with E-state index in [9.17, 15) is 9.18 Å². The molecule has 0 fully saturated rings. The summed E-state index contributed by atoms with van der Waals surface area (Å²) in [6, 6.07) is 4.63. The van der Waals surface area contributed by atoms with E-state index in [-0.39, 0.29) is 12.4 Å². The monoisotopic (exact) mass is 296 g/mol. The van der Waals surface area contributed by atoms with Gasteiger partial charge in [-0.3, -0.25) is 4.79 Å². The van der Waals surface area contributed by atoms with Gasteiger partial charge in [-0.25, -0.2) is 9.07 Å². The topological polar surface area (TPSA) is 69.9 Å². The number of aromatic nitrogens is 4. The third-order valence-corrected chi connectivity index (χ3v) is 3.68. The van der Waals surface area contributed by atoms with E-state index in [2.05, 4.69) is 20.3 Å². The predicted octanol–water partition coefficient (Wildman–Crippen LogP) is 1.59. The van der Waals surface area contributed by atoms with Crippen LogP contribution in [0.25, 0.3) is 0 Å². The Kier molecular flexibility index (Phi) is 4.67. The van der Waals surface area contributed by atoms with E-state index in [0.717, 1.165) is 11.1 Å². The third kappa shape index (κ3) is 3.53. The minimum atomic E-state index is -0.430. The summed E-state index contributed by atoms with van der Waals surface area (Å²) in [7, 11) is 1.30. The fourth-order valence-corrected chi connectivity index (χ4v) is 2.46. The van der Waals surface area contributed by atoms with Crippen molar-refractivity contribution in [3.8, 4) is 0 Å². The van der Waals surface area contributed by atoms with Gasteiger partial charge in [0.05, 0.1) is 7.11 Å². The smallest absolute Gasteiger partial charge is 0.327 e. The lowest BCUT2D eigenvalue weighted by molar-refractivity contribution is -0.141. The number of hydrogen-bond donors (Lipinski definition) is 0. The molecule has 1 aromatic heterocycles. The first-order chi connectivity index (χ1) is 9.60. The fourth-order valence-electron chi connectivity index (χ4n) is 1.52. The number of esters is 1. The molecule has 0 bridgehead atoms. The van der Waals surface area contributed by atoms with Gasteiger partial charge in [0, 0.05) is 5.75 Å². The molecular formula is C12H13FN4O2S. The van der Waals surface area contributed by atoms with E-state index >= 15 is 0 Å². The Hall–Kier alpha value is -1.96. The molecule has 2 aromatic rings. The molecule has 0 aliphatic heterocycles. The van der Waals surface area contributed by atoms with Crippen LogP contribution in [0, 0.1) is 12.7 Å². The van der Waals surface area contributed by atoms with Crippen LogP contribution in [0.3, 0.4) is 0 Å². The number of thioether (sulfide) groups is 1. The highest BCUT2D eigenvalue weighted by Crippen LogP contribution is 2.22. The lowest BCUT2D eigenvalue weighted by atomic mass is 10.1. The van der Waals surface area contributed by atoms with Crippen molar-refractivity contribution in [3.05, 3.63) is 35.1 Å². The maximum absolute atomic E-state index is 13.2. The molecule has 20 heavy (non-hydrogen) atoms. The normalized spacial score (nSPS) is 10.6. The summed E-state index contributed by atoms with van der Waals surface area (Å²) in [4.78, 5) is 11.2. The summed E-state index contributed by atoms with van der Waals surface area (Å²) in [5, 5.41) is 11.6. The summed E-state index contributed by atoms with van der Waals surface area (Å²) in [6.45, 7) is 1.86. The number of methoxy groups -OCH3 is 1. The van der Waals surface area contributed by atoms with Crippen molar-refractivity contribution in [3.63, 3.8) is 0 Å². The van der Waals surface area contributed by atoms with Gasteiger partial charge in [-0.05, 0) is 40.6 Å². The molecule has 8 heteroatoms. The highest BCUT2D eigenvalue weighted by molar-refractivity contribution is 7.98. The van der Waals surface area contributed by atoms with Gasteiger partial charge in [-0.1, -0.05) is 17.8 Å². The van der Waals surface area contributed by atoms with Gasteiger partial charge in [0.15, 0.2) is 0 Å². The van der Waals surface area contributed by atoms with Crippen molar-refractivity contribution < 1.29 is 13.9 Å². The third-order valence-electron chi connectivity index (χ3n) is 2.67. The minimum absolute atomic E-state index is 0.0477. The molecule has 0 aliphatic rings. The molecule has 106 valence electrons. The zero-order valence-corrected chi connectivity index (χ0v) is 11.9. The number of tetrazole rings is 1. The van der Waals surface area contributed by atoms with E-state index in [1.165, 1.54) is 35.7 Å². The van der Waals surface area contributed by atoms with Crippen LogP contribution >= 0.6 is 11.8 Å². The van der Waals surface area contributed by atoms with Gasteiger partial charge in [-0.15, -0.1) is 5.10 Å². The highest BCUT2D eigenvalue weighted by atomic mass is 32.2. The molecule has 0 atom stereocenters. The largest absolute Gasteiger partial charge is 0.468 e. The van der Waals surface area contributed by atoms with Gasteiger partial charge in [0.25, 0.3) is 0 Å². The second-order valence-electron chi connectivity index (χ2n) is 4.05. The Morgan fingerprint density at radius 1 is 1.50 bits per heavy atom. The van der Waals surface area contributed by atoms with Gasteiger partial charge < -0.3 is 4.74 Å². The quantitative estimate of drug-likeness (QED) is 0.616. The van der Waals surface area contributed by atoms with Crippen LogP contribution < -0.4 is 0 Å².